The highest BCUT2D eigenvalue weighted by molar-refractivity contribution is 5.31. The smallest absolute Gasteiger partial charge is 0.119 e. The Hall–Kier alpha value is -2.90. The Kier molecular flexibility index (Phi) is 13.9. The van der Waals surface area contributed by atoms with E-state index in [0.717, 1.165) is 61.4 Å². The second kappa shape index (κ2) is 17.6. The van der Waals surface area contributed by atoms with E-state index in [9.17, 15) is 10.2 Å². The molecule has 0 aromatic heterocycles. The molecule has 0 saturated heterocycles. The summed E-state index contributed by atoms with van der Waals surface area (Å²) in [5.74, 6) is 2.01. The van der Waals surface area contributed by atoms with Gasteiger partial charge in [0.2, 0.25) is 0 Å². The zero-order chi connectivity index (χ0) is 27.7. The first-order valence-electron chi connectivity index (χ1n) is 14.4. The third-order valence-electron chi connectivity index (χ3n) is 6.93. The van der Waals surface area contributed by atoms with Crippen molar-refractivity contribution in [3.8, 4) is 11.5 Å². The van der Waals surface area contributed by atoms with E-state index < -0.39 is 12.2 Å². The molecule has 0 aliphatic carbocycles. The predicted octanol–water partition coefficient (Wildman–Crippen LogP) is 5.59. The molecule has 3 aromatic carbocycles. The topological polar surface area (TPSA) is 97.0 Å². The summed E-state index contributed by atoms with van der Waals surface area (Å²) in [5.41, 5.74) is 8.54. The lowest BCUT2D eigenvalue weighted by Crippen LogP contribution is -2.23. The number of hydrogen-bond donors (Lipinski definition) is 4. The Morgan fingerprint density at radius 1 is 0.744 bits per heavy atom. The number of ether oxygens (including phenoxy) is 2. The van der Waals surface area contributed by atoms with Gasteiger partial charge in [-0.2, -0.15) is 0 Å². The molecule has 0 saturated carbocycles. The molecule has 2 unspecified atom stereocenters. The van der Waals surface area contributed by atoms with Crippen molar-refractivity contribution in [1.82, 2.24) is 5.32 Å². The standard InChI is InChI=1S/C33H46N2O4/c1-2-8-27(25-39-31-14-7-11-28(24-31)32(36)15-19-34)16-20-35-21-17-33(37)29-12-6-13-30(23-29)38-22-18-26-9-4-3-5-10-26/h3-7,9-14,23-24,27,32-33,35-37H,2,8,15-22,25,34H2,1H3/t27?,32-,33?/m1/s1. The van der Waals surface area contributed by atoms with Gasteiger partial charge in [-0.25, -0.2) is 0 Å². The average molecular weight is 535 g/mol. The Morgan fingerprint density at radius 3 is 2.05 bits per heavy atom. The number of nitrogens with one attached hydrogen (secondary N) is 1. The second-order valence-electron chi connectivity index (χ2n) is 10.1. The van der Waals surface area contributed by atoms with Crippen LogP contribution in [-0.4, -0.2) is 43.1 Å². The van der Waals surface area contributed by atoms with Crippen molar-refractivity contribution in [3.63, 3.8) is 0 Å². The minimum atomic E-state index is -0.556. The normalized spacial score (nSPS) is 13.5. The van der Waals surface area contributed by atoms with E-state index in [4.69, 9.17) is 15.2 Å². The minimum Gasteiger partial charge on any atom is -0.493 e. The summed E-state index contributed by atoms with van der Waals surface area (Å²) < 4.78 is 12.0. The van der Waals surface area contributed by atoms with Crippen molar-refractivity contribution in [3.05, 3.63) is 95.6 Å². The van der Waals surface area contributed by atoms with Crippen LogP contribution < -0.4 is 20.5 Å². The number of aliphatic hydroxyl groups is 2. The fourth-order valence-corrected chi connectivity index (χ4v) is 4.65. The van der Waals surface area contributed by atoms with Crippen LogP contribution in [0.5, 0.6) is 11.5 Å². The van der Waals surface area contributed by atoms with Crippen molar-refractivity contribution in [2.75, 3.05) is 32.8 Å². The molecule has 0 bridgehead atoms. The highest BCUT2D eigenvalue weighted by atomic mass is 16.5. The zero-order valence-corrected chi connectivity index (χ0v) is 23.3. The van der Waals surface area contributed by atoms with Gasteiger partial charge in [0.1, 0.15) is 11.5 Å². The maximum Gasteiger partial charge on any atom is 0.119 e. The van der Waals surface area contributed by atoms with Crippen molar-refractivity contribution in [2.24, 2.45) is 11.7 Å². The molecule has 39 heavy (non-hydrogen) atoms. The Bertz CT molecular complexity index is 1060. The second-order valence-corrected chi connectivity index (χ2v) is 10.1. The van der Waals surface area contributed by atoms with Gasteiger partial charge in [-0.1, -0.05) is 67.9 Å². The molecule has 5 N–H and O–H groups in total. The maximum atomic E-state index is 10.7. The summed E-state index contributed by atoms with van der Waals surface area (Å²) in [6.07, 6.45) is 4.14. The van der Waals surface area contributed by atoms with Crippen LogP contribution >= 0.6 is 0 Å². The van der Waals surface area contributed by atoms with Crippen LogP contribution in [0.4, 0.5) is 0 Å². The highest BCUT2D eigenvalue weighted by Crippen LogP contribution is 2.23. The van der Waals surface area contributed by atoms with E-state index in [-0.39, 0.29) is 0 Å². The number of benzene rings is 3. The number of nitrogens with two attached hydrogens (primary N) is 1. The highest BCUT2D eigenvalue weighted by Gasteiger charge is 2.12. The van der Waals surface area contributed by atoms with Gasteiger partial charge in [0.05, 0.1) is 25.4 Å². The van der Waals surface area contributed by atoms with Crippen LogP contribution in [0.3, 0.4) is 0 Å². The molecule has 0 aliphatic heterocycles. The fraction of sp³-hybridized carbons (Fsp3) is 0.455. The van der Waals surface area contributed by atoms with Gasteiger partial charge in [0.25, 0.3) is 0 Å². The lowest BCUT2D eigenvalue weighted by atomic mass is 10.0. The van der Waals surface area contributed by atoms with E-state index in [0.29, 0.717) is 38.5 Å². The van der Waals surface area contributed by atoms with Gasteiger partial charge < -0.3 is 30.7 Å². The van der Waals surface area contributed by atoms with E-state index in [1.165, 1.54) is 5.56 Å². The lowest BCUT2D eigenvalue weighted by molar-refractivity contribution is 0.165. The molecule has 0 radical (unpaired) electrons. The molecule has 6 heteroatoms. The molecule has 0 aliphatic rings. The van der Waals surface area contributed by atoms with Crippen molar-refractivity contribution < 1.29 is 19.7 Å². The Labute approximate surface area is 234 Å². The van der Waals surface area contributed by atoms with Crippen LogP contribution in [0.1, 0.15) is 67.9 Å². The van der Waals surface area contributed by atoms with Crippen LogP contribution in [-0.2, 0) is 6.42 Å². The van der Waals surface area contributed by atoms with Crippen LogP contribution in [0.15, 0.2) is 78.9 Å². The molecular formula is C33H46N2O4. The monoisotopic (exact) mass is 534 g/mol. The van der Waals surface area contributed by atoms with Gasteiger partial charge in [-0.3, -0.25) is 0 Å². The summed E-state index contributed by atoms with van der Waals surface area (Å²) in [5, 5.41) is 24.4. The molecular weight excluding hydrogens is 488 g/mol. The first-order chi connectivity index (χ1) is 19.1. The lowest BCUT2D eigenvalue weighted by Gasteiger charge is -2.19. The van der Waals surface area contributed by atoms with Gasteiger partial charge in [-0.05, 0) is 92.2 Å². The molecule has 6 nitrogen and oxygen atoms in total. The average Bonchev–Trinajstić information content (AvgIpc) is 2.96. The summed E-state index contributed by atoms with van der Waals surface area (Å²) in [4.78, 5) is 0. The van der Waals surface area contributed by atoms with E-state index in [2.05, 4.69) is 24.4 Å². The molecule has 3 aromatic rings. The zero-order valence-electron chi connectivity index (χ0n) is 23.3. The van der Waals surface area contributed by atoms with E-state index in [1.807, 2.05) is 66.7 Å². The van der Waals surface area contributed by atoms with E-state index in [1.54, 1.807) is 0 Å². The van der Waals surface area contributed by atoms with Crippen molar-refractivity contribution in [1.29, 1.82) is 0 Å². The molecule has 0 fully saturated rings. The van der Waals surface area contributed by atoms with Gasteiger partial charge in [-0.15, -0.1) is 0 Å². The van der Waals surface area contributed by atoms with Gasteiger partial charge in [0, 0.05) is 6.42 Å². The first kappa shape index (κ1) is 30.6. The van der Waals surface area contributed by atoms with Crippen LogP contribution in [0, 0.1) is 5.92 Å². The quantitative estimate of drug-likeness (QED) is 0.150. The summed E-state index contributed by atoms with van der Waals surface area (Å²) in [6.45, 7) is 5.51. The molecule has 0 amide bonds. The molecule has 0 heterocycles. The molecule has 212 valence electrons. The van der Waals surface area contributed by atoms with Crippen molar-refractivity contribution >= 4 is 0 Å². The van der Waals surface area contributed by atoms with Crippen molar-refractivity contribution in [2.45, 2.75) is 57.7 Å². The predicted molar refractivity (Wildman–Crippen MR) is 158 cm³/mol. The number of rotatable bonds is 19. The SMILES string of the molecule is CCCC(CCNCCC(O)c1cccc(OCCc2ccccc2)c1)COc1cccc([C@H](O)CCN)c1. The molecule has 3 atom stereocenters. The molecule has 3 rings (SSSR count). The first-order valence-corrected chi connectivity index (χ1v) is 14.4. The van der Waals surface area contributed by atoms with E-state index >= 15 is 0 Å². The summed E-state index contributed by atoms with van der Waals surface area (Å²) in [7, 11) is 0. The fourth-order valence-electron chi connectivity index (χ4n) is 4.65. The minimum absolute atomic E-state index is 0.440. The third kappa shape index (κ3) is 11.4. The van der Waals surface area contributed by atoms with Crippen LogP contribution in [0.2, 0.25) is 0 Å². The largest absolute Gasteiger partial charge is 0.493 e. The van der Waals surface area contributed by atoms with Gasteiger partial charge in [0.15, 0.2) is 0 Å². The van der Waals surface area contributed by atoms with Crippen LogP contribution in [0.25, 0.3) is 0 Å². The maximum absolute atomic E-state index is 10.7. The van der Waals surface area contributed by atoms with Gasteiger partial charge >= 0.3 is 0 Å². The molecule has 0 spiro atoms. The Morgan fingerprint density at radius 2 is 1.38 bits per heavy atom. The Balaban J connectivity index is 1.35. The third-order valence-corrected chi connectivity index (χ3v) is 6.93. The summed E-state index contributed by atoms with van der Waals surface area (Å²) >= 11 is 0. The number of aliphatic hydroxyl groups excluding tert-OH is 2. The number of hydrogen-bond acceptors (Lipinski definition) is 6. The summed E-state index contributed by atoms with van der Waals surface area (Å²) in [6, 6.07) is 25.7.